The maximum absolute atomic E-state index is 12.2. The Hall–Kier alpha value is -1.42. The van der Waals surface area contributed by atoms with E-state index >= 15 is 0 Å². The lowest BCUT2D eigenvalue weighted by atomic mass is 9.83. The van der Waals surface area contributed by atoms with E-state index in [4.69, 9.17) is 0 Å². The molecule has 0 amide bonds. The van der Waals surface area contributed by atoms with E-state index in [1.165, 1.54) is 6.42 Å². The highest BCUT2D eigenvalue weighted by molar-refractivity contribution is 6.98. The van der Waals surface area contributed by atoms with Crippen molar-refractivity contribution < 1.29 is 4.80 Å². The second-order valence-electron chi connectivity index (χ2n) is 9.16. The third-order valence-corrected chi connectivity index (χ3v) is 11.4. The van der Waals surface area contributed by atoms with Crippen LogP contribution in [0.25, 0.3) is 0 Å². The Morgan fingerprint density at radius 1 is 0.926 bits per heavy atom. The maximum Gasteiger partial charge on any atom is 0.258 e. The number of piperidine rings is 1. The predicted molar refractivity (Wildman–Crippen MR) is 118 cm³/mol. The average molecular weight is 382 g/mol. The van der Waals surface area contributed by atoms with Crippen molar-refractivity contribution in [1.29, 1.82) is 0 Å². The molecule has 1 aliphatic rings. The molecule has 3 rings (SSSR count). The number of benzene rings is 2. The van der Waals surface area contributed by atoms with Crippen LogP contribution in [-0.4, -0.2) is 25.7 Å². The summed E-state index contributed by atoms with van der Waals surface area (Å²) in [5.41, 5.74) is 0. The van der Waals surface area contributed by atoms with Crippen LogP contribution in [0.15, 0.2) is 60.7 Å². The van der Waals surface area contributed by atoms with Crippen molar-refractivity contribution in [2.45, 2.75) is 58.0 Å². The van der Waals surface area contributed by atoms with E-state index in [0.29, 0.717) is 6.04 Å². The highest BCUT2D eigenvalue weighted by Gasteiger charge is 2.49. The SMILES string of the molecule is CC1CNC(CCC(C)(C)[Si](O)(c2ccccc2)c2ccccc2)CC1C. The van der Waals surface area contributed by atoms with Crippen LogP contribution in [0.3, 0.4) is 0 Å². The Balaban J connectivity index is 1.85. The Morgan fingerprint density at radius 2 is 1.44 bits per heavy atom. The highest BCUT2D eigenvalue weighted by atomic mass is 28.4. The fourth-order valence-electron chi connectivity index (χ4n) is 4.56. The topological polar surface area (TPSA) is 32.3 Å². The van der Waals surface area contributed by atoms with Gasteiger partial charge >= 0.3 is 0 Å². The van der Waals surface area contributed by atoms with Crippen LogP contribution in [0.2, 0.25) is 5.04 Å². The molecule has 0 aromatic heterocycles. The second-order valence-corrected chi connectivity index (χ2v) is 13.1. The molecule has 3 heteroatoms. The van der Waals surface area contributed by atoms with Gasteiger partial charge in [-0.1, -0.05) is 88.4 Å². The molecular formula is C24H35NOSi. The minimum absolute atomic E-state index is 0.149. The summed E-state index contributed by atoms with van der Waals surface area (Å²) in [5.74, 6) is 1.54. The first kappa shape index (κ1) is 20.3. The number of nitrogens with one attached hydrogen (secondary N) is 1. The Kier molecular flexibility index (Phi) is 6.24. The quantitative estimate of drug-likeness (QED) is 0.743. The van der Waals surface area contributed by atoms with Gasteiger partial charge in [0, 0.05) is 6.04 Å². The summed E-state index contributed by atoms with van der Waals surface area (Å²) >= 11 is 0. The van der Waals surface area contributed by atoms with E-state index in [1.807, 2.05) is 12.1 Å². The molecule has 0 spiro atoms. The van der Waals surface area contributed by atoms with E-state index in [1.54, 1.807) is 0 Å². The molecule has 1 saturated heterocycles. The smallest absolute Gasteiger partial charge is 0.258 e. The van der Waals surface area contributed by atoms with Gasteiger partial charge in [-0.2, -0.15) is 0 Å². The van der Waals surface area contributed by atoms with Crippen LogP contribution < -0.4 is 15.7 Å². The third kappa shape index (κ3) is 4.21. The maximum atomic E-state index is 12.2. The number of hydrogen-bond acceptors (Lipinski definition) is 2. The first-order valence-electron chi connectivity index (χ1n) is 10.4. The molecular weight excluding hydrogens is 346 g/mol. The molecule has 0 saturated carbocycles. The third-order valence-electron chi connectivity index (χ3n) is 6.84. The summed E-state index contributed by atoms with van der Waals surface area (Å²) in [6, 6.07) is 21.3. The lowest BCUT2D eigenvalue weighted by Gasteiger charge is -2.43. The Bertz CT molecular complexity index is 676. The fourth-order valence-corrected chi connectivity index (χ4v) is 8.31. The minimum atomic E-state index is -2.87. The summed E-state index contributed by atoms with van der Waals surface area (Å²) in [4.78, 5) is 12.2. The zero-order valence-corrected chi connectivity index (χ0v) is 18.3. The molecule has 146 valence electrons. The average Bonchev–Trinajstić information content (AvgIpc) is 2.69. The molecule has 2 nitrogen and oxygen atoms in total. The minimum Gasteiger partial charge on any atom is -0.424 e. The van der Waals surface area contributed by atoms with Crippen molar-refractivity contribution in [1.82, 2.24) is 5.32 Å². The standard InChI is InChI=1S/C24H35NOSi/c1-19-17-21(25-18-20(19)2)15-16-24(3,4)27(26,22-11-7-5-8-12-22)23-13-9-6-10-14-23/h5-14,19-21,25-26H,15-18H2,1-4H3. The number of hydrogen-bond donors (Lipinski definition) is 2. The summed E-state index contributed by atoms with van der Waals surface area (Å²) in [6.07, 6.45) is 3.39. The first-order valence-corrected chi connectivity index (χ1v) is 12.4. The van der Waals surface area contributed by atoms with Crippen molar-refractivity contribution in [2.75, 3.05) is 6.54 Å². The fraction of sp³-hybridized carbons (Fsp3) is 0.500. The predicted octanol–water partition coefficient (Wildman–Crippen LogP) is 3.93. The first-order chi connectivity index (χ1) is 12.8. The molecule has 1 aliphatic heterocycles. The molecule has 0 bridgehead atoms. The monoisotopic (exact) mass is 381 g/mol. The summed E-state index contributed by atoms with van der Waals surface area (Å²) < 4.78 is 0. The van der Waals surface area contributed by atoms with Gasteiger partial charge in [0.25, 0.3) is 8.32 Å². The van der Waals surface area contributed by atoms with Gasteiger partial charge in [0.1, 0.15) is 0 Å². The molecule has 2 aromatic rings. The van der Waals surface area contributed by atoms with Gasteiger partial charge in [0.05, 0.1) is 0 Å². The molecule has 1 heterocycles. The normalized spacial score (nSPS) is 24.0. The van der Waals surface area contributed by atoms with Crippen LogP contribution in [0.5, 0.6) is 0 Å². The molecule has 3 unspecified atom stereocenters. The second kappa shape index (κ2) is 8.30. The molecule has 0 aliphatic carbocycles. The van der Waals surface area contributed by atoms with Gasteiger partial charge in [-0.3, -0.25) is 0 Å². The molecule has 2 aromatic carbocycles. The van der Waals surface area contributed by atoms with E-state index < -0.39 is 8.32 Å². The van der Waals surface area contributed by atoms with Crippen molar-refractivity contribution in [3.63, 3.8) is 0 Å². The van der Waals surface area contributed by atoms with Crippen LogP contribution in [-0.2, 0) is 0 Å². The van der Waals surface area contributed by atoms with Crippen molar-refractivity contribution in [3.05, 3.63) is 60.7 Å². The van der Waals surface area contributed by atoms with Gasteiger partial charge in [-0.15, -0.1) is 0 Å². The van der Waals surface area contributed by atoms with E-state index in [-0.39, 0.29) is 5.04 Å². The van der Waals surface area contributed by atoms with E-state index in [2.05, 4.69) is 81.5 Å². The van der Waals surface area contributed by atoms with E-state index in [9.17, 15) is 4.80 Å². The van der Waals surface area contributed by atoms with Gasteiger partial charge in [-0.25, -0.2) is 0 Å². The molecule has 0 radical (unpaired) electrons. The van der Waals surface area contributed by atoms with Crippen molar-refractivity contribution in [3.8, 4) is 0 Å². The largest absolute Gasteiger partial charge is 0.424 e. The van der Waals surface area contributed by atoms with Crippen molar-refractivity contribution >= 4 is 18.7 Å². The lowest BCUT2D eigenvalue weighted by Crippen LogP contribution is -2.65. The zero-order chi connectivity index (χ0) is 19.5. The Morgan fingerprint density at radius 3 is 1.93 bits per heavy atom. The summed E-state index contributed by atoms with van der Waals surface area (Å²) in [5, 5.41) is 5.81. The van der Waals surface area contributed by atoms with Crippen LogP contribution in [0, 0.1) is 11.8 Å². The lowest BCUT2D eigenvalue weighted by molar-refractivity contribution is 0.226. The van der Waals surface area contributed by atoms with Gasteiger partial charge in [-0.05, 0) is 53.1 Å². The number of rotatable bonds is 6. The van der Waals surface area contributed by atoms with Crippen LogP contribution in [0.4, 0.5) is 0 Å². The molecule has 27 heavy (non-hydrogen) atoms. The van der Waals surface area contributed by atoms with Crippen LogP contribution >= 0.6 is 0 Å². The van der Waals surface area contributed by atoms with Gasteiger partial charge in [0.15, 0.2) is 0 Å². The Labute approximate surface area is 166 Å². The zero-order valence-electron chi connectivity index (χ0n) is 17.3. The molecule has 1 fully saturated rings. The summed E-state index contributed by atoms with van der Waals surface area (Å²) in [7, 11) is -2.87. The van der Waals surface area contributed by atoms with Crippen molar-refractivity contribution in [2.24, 2.45) is 11.8 Å². The molecule has 3 atom stereocenters. The van der Waals surface area contributed by atoms with Gasteiger partial charge in [0.2, 0.25) is 0 Å². The highest BCUT2D eigenvalue weighted by Crippen LogP contribution is 2.41. The van der Waals surface area contributed by atoms with Crippen LogP contribution in [0.1, 0.15) is 47.0 Å². The molecule has 2 N–H and O–H groups in total. The summed E-state index contributed by atoms with van der Waals surface area (Å²) in [6.45, 7) is 10.4. The van der Waals surface area contributed by atoms with E-state index in [0.717, 1.165) is 41.6 Å². The van der Waals surface area contributed by atoms with Gasteiger partial charge < -0.3 is 10.1 Å².